The molecule has 0 radical (unpaired) electrons. The maximum absolute atomic E-state index is 5.46. The largest absolute Gasteiger partial charge is 0.494 e. The van der Waals surface area contributed by atoms with Crippen LogP contribution in [0.25, 0.3) is 6.08 Å². The zero-order chi connectivity index (χ0) is 16.1. The third-order valence-electron chi connectivity index (χ3n) is 3.97. The van der Waals surface area contributed by atoms with E-state index in [1.54, 1.807) is 7.11 Å². The van der Waals surface area contributed by atoms with Crippen LogP contribution < -0.4 is 0 Å². The van der Waals surface area contributed by atoms with Gasteiger partial charge in [-0.1, -0.05) is 19.8 Å². The third-order valence-corrected chi connectivity index (χ3v) is 3.97. The summed E-state index contributed by atoms with van der Waals surface area (Å²) < 4.78 is 5.46. The maximum atomic E-state index is 5.46. The summed E-state index contributed by atoms with van der Waals surface area (Å²) in [5.74, 6) is 0.789. The first-order valence-electron chi connectivity index (χ1n) is 8.18. The highest BCUT2D eigenvalue weighted by atomic mass is 16.5. The van der Waals surface area contributed by atoms with Gasteiger partial charge >= 0.3 is 0 Å². The molecule has 3 heterocycles. The Bertz CT molecular complexity index is 733. The molecule has 2 aromatic rings. The van der Waals surface area contributed by atoms with E-state index >= 15 is 0 Å². The van der Waals surface area contributed by atoms with E-state index in [-0.39, 0.29) is 0 Å². The van der Waals surface area contributed by atoms with Gasteiger partial charge in [-0.2, -0.15) is 0 Å². The number of unbranched alkanes of at least 4 members (excludes halogenated alkanes) is 2. The minimum absolute atomic E-state index is 0.789. The molecule has 0 bridgehead atoms. The van der Waals surface area contributed by atoms with Gasteiger partial charge in [-0.05, 0) is 43.2 Å². The summed E-state index contributed by atoms with van der Waals surface area (Å²) in [6.45, 7) is 2.23. The lowest BCUT2D eigenvalue weighted by Crippen LogP contribution is -1.93. The highest BCUT2D eigenvalue weighted by Gasteiger charge is 2.17. The molecule has 0 saturated heterocycles. The predicted octanol–water partition coefficient (Wildman–Crippen LogP) is 4.45. The molecule has 2 N–H and O–H groups in total. The van der Waals surface area contributed by atoms with Gasteiger partial charge < -0.3 is 14.7 Å². The van der Waals surface area contributed by atoms with E-state index in [4.69, 9.17) is 4.74 Å². The molecule has 0 spiro atoms. The number of methoxy groups -OCH3 is 1. The summed E-state index contributed by atoms with van der Waals surface area (Å²) in [7, 11) is 1.68. The monoisotopic (exact) mass is 309 g/mol. The number of hydrogen-bond donors (Lipinski definition) is 2. The lowest BCUT2D eigenvalue weighted by Gasteiger charge is -2.00. The van der Waals surface area contributed by atoms with Crippen molar-refractivity contribution in [1.82, 2.24) is 9.97 Å². The van der Waals surface area contributed by atoms with Crippen LogP contribution in [0.3, 0.4) is 0 Å². The molecule has 0 unspecified atom stereocenters. The van der Waals surface area contributed by atoms with Crippen LogP contribution in [0.4, 0.5) is 0 Å². The number of aromatic nitrogens is 2. The van der Waals surface area contributed by atoms with Crippen molar-refractivity contribution in [1.29, 1.82) is 0 Å². The Balaban J connectivity index is 1.77. The molecule has 0 fully saturated rings. The molecule has 0 aromatic carbocycles. The zero-order valence-electron chi connectivity index (χ0n) is 13.7. The number of aryl methyl sites for hydroxylation is 1. The van der Waals surface area contributed by atoms with Gasteiger partial charge in [0, 0.05) is 23.7 Å². The molecule has 3 rings (SSSR count). The average Bonchev–Trinajstić information content (AvgIpc) is 3.28. The maximum Gasteiger partial charge on any atom is 0.146 e. The lowest BCUT2D eigenvalue weighted by molar-refractivity contribution is 0.303. The van der Waals surface area contributed by atoms with Crippen molar-refractivity contribution in [2.75, 3.05) is 7.11 Å². The summed E-state index contributed by atoms with van der Waals surface area (Å²) >= 11 is 0. The fraction of sp³-hybridized carbons (Fsp3) is 0.316. The standard InChI is InChI=1S/C19H23N3O/c1-3-4-5-7-14-9-10-15(21-14)12-18-19(23-2)13-17(22-18)16-8-6-11-20-16/h6,8-13,20-21H,3-5,7H2,1-2H3/b18-12-. The van der Waals surface area contributed by atoms with Crippen molar-refractivity contribution in [2.24, 2.45) is 4.99 Å². The summed E-state index contributed by atoms with van der Waals surface area (Å²) in [4.78, 5) is 11.3. The molecule has 0 aliphatic carbocycles. The van der Waals surface area contributed by atoms with Crippen LogP contribution in [0.15, 0.2) is 53.0 Å². The van der Waals surface area contributed by atoms with Gasteiger partial charge in [-0.25, -0.2) is 4.99 Å². The highest BCUT2D eigenvalue weighted by Crippen LogP contribution is 2.24. The molecule has 4 nitrogen and oxygen atoms in total. The van der Waals surface area contributed by atoms with Crippen LogP contribution >= 0.6 is 0 Å². The predicted molar refractivity (Wildman–Crippen MR) is 94.4 cm³/mol. The Hall–Kier alpha value is -2.49. The Morgan fingerprint density at radius 3 is 2.87 bits per heavy atom. The van der Waals surface area contributed by atoms with Crippen LogP contribution in [0, 0.1) is 0 Å². The van der Waals surface area contributed by atoms with Crippen LogP contribution in [0.2, 0.25) is 0 Å². The first-order chi connectivity index (χ1) is 11.3. The number of nitrogens with one attached hydrogen (secondary N) is 2. The fourth-order valence-corrected chi connectivity index (χ4v) is 2.71. The van der Waals surface area contributed by atoms with Gasteiger partial charge in [0.05, 0.1) is 18.5 Å². The van der Waals surface area contributed by atoms with Crippen molar-refractivity contribution < 1.29 is 4.74 Å². The summed E-state index contributed by atoms with van der Waals surface area (Å²) in [6.07, 6.45) is 10.7. The lowest BCUT2D eigenvalue weighted by atomic mass is 10.2. The van der Waals surface area contributed by atoms with E-state index in [1.807, 2.05) is 30.5 Å². The summed E-state index contributed by atoms with van der Waals surface area (Å²) in [5.41, 5.74) is 5.08. The van der Waals surface area contributed by atoms with Gasteiger partial charge in [0.1, 0.15) is 11.5 Å². The molecule has 4 heteroatoms. The molecular weight excluding hydrogens is 286 g/mol. The number of aliphatic imine (C=N–C) groups is 1. The number of hydrogen-bond acceptors (Lipinski definition) is 2. The second kappa shape index (κ2) is 7.18. The van der Waals surface area contributed by atoms with E-state index in [0.717, 1.165) is 35.0 Å². The molecule has 1 aliphatic rings. The quantitative estimate of drug-likeness (QED) is 0.729. The van der Waals surface area contributed by atoms with Gasteiger partial charge in [-0.15, -0.1) is 0 Å². The Kier molecular flexibility index (Phi) is 4.81. The van der Waals surface area contributed by atoms with E-state index in [2.05, 4.69) is 34.0 Å². The average molecular weight is 309 g/mol. The highest BCUT2D eigenvalue weighted by molar-refractivity contribution is 6.11. The van der Waals surface area contributed by atoms with Gasteiger partial charge in [0.25, 0.3) is 0 Å². The molecule has 23 heavy (non-hydrogen) atoms. The van der Waals surface area contributed by atoms with Crippen LogP contribution in [-0.4, -0.2) is 22.8 Å². The van der Waals surface area contributed by atoms with Crippen molar-refractivity contribution in [3.63, 3.8) is 0 Å². The van der Waals surface area contributed by atoms with Gasteiger partial charge in [-0.3, -0.25) is 0 Å². The molecule has 0 atom stereocenters. The fourth-order valence-electron chi connectivity index (χ4n) is 2.71. The minimum Gasteiger partial charge on any atom is -0.494 e. The molecule has 1 aliphatic heterocycles. The Morgan fingerprint density at radius 2 is 2.13 bits per heavy atom. The SMILES string of the molecule is CCCCCc1ccc(/C=C2\N=C(c3ccc[nH]3)C=C2OC)[nH]1. The molecule has 0 saturated carbocycles. The van der Waals surface area contributed by atoms with Crippen LogP contribution in [0.1, 0.15) is 43.3 Å². The molecule has 2 aromatic heterocycles. The number of aromatic amines is 2. The summed E-state index contributed by atoms with van der Waals surface area (Å²) in [6, 6.07) is 8.23. The van der Waals surface area contributed by atoms with Crippen molar-refractivity contribution in [3.8, 4) is 0 Å². The summed E-state index contributed by atoms with van der Waals surface area (Å²) in [5, 5.41) is 0. The Labute approximate surface area is 137 Å². The second-order valence-corrected chi connectivity index (χ2v) is 5.72. The van der Waals surface area contributed by atoms with Gasteiger partial charge in [0.15, 0.2) is 0 Å². The Morgan fingerprint density at radius 1 is 1.22 bits per heavy atom. The second-order valence-electron chi connectivity index (χ2n) is 5.72. The van der Waals surface area contributed by atoms with Crippen molar-refractivity contribution >= 4 is 11.8 Å². The number of rotatable bonds is 7. The number of H-pyrrole nitrogens is 2. The van der Waals surface area contributed by atoms with E-state index < -0.39 is 0 Å². The molecular formula is C19H23N3O. The third kappa shape index (κ3) is 3.65. The molecule has 0 amide bonds. The number of allylic oxidation sites excluding steroid dienone is 1. The normalized spacial score (nSPS) is 15.8. The number of ether oxygens (including phenoxy) is 1. The first kappa shape index (κ1) is 15.4. The van der Waals surface area contributed by atoms with Crippen LogP contribution in [0.5, 0.6) is 0 Å². The minimum atomic E-state index is 0.789. The van der Waals surface area contributed by atoms with E-state index in [1.165, 1.54) is 25.0 Å². The smallest absolute Gasteiger partial charge is 0.146 e. The zero-order valence-corrected chi connectivity index (χ0v) is 13.7. The van der Waals surface area contributed by atoms with E-state index in [0.29, 0.717) is 0 Å². The van der Waals surface area contributed by atoms with Gasteiger partial charge in [0.2, 0.25) is 0 Å². The number of nitrogens with zero attached hydrogens (tertiary/aromatic N) is 1. The van der Waals surface area contributed by atoms with Crippen molar-refractivity contribution in [2.45, 2.75) is 32.6 Å². The topological polar surface area (TPSA) is 53.2 Å². The molecule has 120 valence electrons. The van der Waals surface area contributed by atoms with E-state index in [9.17, 15) is 0 Å². The van der Waals surface area contributed by atoms with Crippen molar-refractivity contribution in [3.05, 3.63) is 65.1 Å². The first-order valence-corrected chi connectivity index (χ1v) is 8.18. The van der Waals surface area contributed by atoms with Crippen LogP contribution in [-0.2, 0) is 11.2 Å².